The quantitative estimate of drug-likeness (QED) is 0.601. The van der Waals surface area contributed by atoms with Gasteiger partial charge in [-0.05, 0) is 37.1 Å². The minimum absolute atomic E-state index is 0.232. The summed E-state index contributed by atoms with van der Waals surface area (Å²) in [5, 5.41) is 12.2. The molecule has 0 fully saturated rings. The van der Waals surface area contributed by atoms with E-state index < -0.39 is 0 Å². The molecule has 2 aromatic rings. The number of methoxy groups -OCH3 is 1. The lowest BCUT2D eigenvalue weighted by Gasteiger charge is -2.17. The summed E-state index contributed by atoms with van der Waals surface area (Å²) < 4.78 is 12.5. The number of unbranched alkanes of at least 4 members (excludes halogenated alkanes) is 1. The first-order valence-corrected chi connectivity index (χ1v) is 8.89. The molecule has 5 heteroatoms. The number of rotatable bonds is 10. The molecular formula is C19H24BrNO3. The molecule has 0 spiro atoms. The molecular weight excluding hydrogens is 370 g/mol. The zero-order chi connectivity index (χ0) is 17.2. The predicted octanol–water partition coefficient (Wildman–Crippen LogP) is 3.90. The molecule has 0 unspecified atom stereocenters. The largest absolute Gasteiger partial charge is 0.493 e. The van der Waals surface area contributed by atoms with Crippen LogP contribution >= 0.6 is 15.9 Å². The molecule has 2 rings (SSSR count). The van der Waals surface area contributed by atoms with Crippen LogP contribution in [0.25, 0.3) is 0 Å². The van der Waals surface area contributed by atoms with Gasteiger partial charge >= 0.3 is 0 Å². The summed E-state index contributed by atoms with van der Waals surface area (Å²) in [5.74, 6) is 1.48. The van der Waals surface area contributed by atoms with E-state index in [2.05, 4.69) is 21.2 Å². The highest BCUT2D eigenvalue weighted by molar-refractivity contribution is 9.10. The van der Waals surface area contributed by atoms with E-state index in [0.717, 1.165) is 46.5 Å². The van der Waals surface area contributed by atoms with Crippen molar-refractivity contribution >= 4 is 15.9 Å². The molecule has 2 N–H and O–H groups in total. The first-order valence-electron chi connectivity index (χ1n) is 8.10. The van der Waals surface area contributed by atoms with E-state index in [1.54, 1.807) is 7.11 Å². The second kappa shape index (κ2) is 10.3. The van der Waals surface area contributed by atoms with E-state index in [1.807, 2.05) is 42.5 Å². The van der Waals surface area contributed by atoms with Gasteiger partial charge in [-0.25, -0.2) is 0 Å². The molecule has 0 aliphatic rings. The Morgan fingerprint density at radius 3 is 2.58 bits per heavy atom. The van der Waals surface area contributed by atoms with Gasteiger partial charge in [-0.1, -0.05) is 46.3 Å². The molecule has 0 saturated heterocycles. The van der Waals surface area contributed by atoms with Gasteiger partial charge in [0, 0.05) is 23.2 Å². The molecule has 0 heterocycles. The average Bonchev–Trinajstić information content (AvgIpc) is 2.62. The van der Waals surface area contributed by atoms with Crippen molar-refractivity contribution in [1.82, 2.24) is 5.32 Å². The van der Waals surface area contributed by atoms with Crippen LogP contribution in [-0.4, -0.2) is 25.4 Å². The first-order chi connectivity index (χ1) is 11.8. The van der Waals surface area contributed by atoms with Crippen molar-refractivity contribution in [3.8, 4) is 11.5 Å². The zero-order valence-electron chi connectivity index (χ0n) is 13.9. The van der Waals surface area contributed by atoms with Gasteiger partial charge in [-0.3, -0.25) is 0 Å². The Kier molecular flexibility index (Phi) is 8.08. The predicted molar refractivity (Wildman–Crippen MR) is 99.5 cm³/mol. The number of halogens is 1. The van der Waals surface area contributed by atoms with Gasteiger partial charge in [-0.15, -0.1) is 0 Å². The maximum absolute atomic E-state index is 8.85. The summed E-state index contributed by atoms with van der Waals surface area (Å²) in [4.78, 5) is 0. The first kappa shape index (κ1) is 18.8. The molecule has 0 bridgehead atoms. The fourth-order valence-corrected chi connectivity index (χ4v) is 2.82. The summed E-state index contributed by atoms with van der Waals surface area (Å²) >= 11 is 3.60. The third-order valence-corrected chi connectivity index (χ3v) is 4.42. The number of benzene rings is 2. The van der Waals surface area contributed by atoms with Crippen LogP contribution in [0.1, 0.15) is 24.0 Å². The monoisotopic (exact) mass is 393 g/mol. The molecule has 0 aliphatic heterocycles. The van der Waals surface area contributed by atoms with Crippen LogP contribution in [0.5, 0.6) is 11.5 Å². The van der Waals surface area contributed by atoms with Crippen LogP contribution in [-0.2, 0) is 13.2 Å². The fourth-order valence-electron chi connectivity index (χ4n) is 2.37. The Morgan fingerprint density at radius 2 is 1.88 bits per heavy atom. The Balaban J connectivity index is 2.09. The number of hydrogen-bond donors (Lipinski definition) is 2. The van der Waals surface area contributed by atoms with Crippen LogP contribution in [0.4, 0.5) is 0 Å². The molecule has 0 aliphatic carbocycles. The van der Waals surface area contributed by atoms with Crippen molar-refractivity contribution in [1.29, 1.82) is 0 Å². The number of aliphatic hydroxyl groups excluding tert-OH is 1. The van der Waals surface area contributed by atoms with E-state index in [-0.39, 0.29) is 6.61 Å². The maximum Gasteiger partial charge on any atom is 0.167 e. The molecule has 130 valence electrons. The van der Waals surface area contributed by atoms with E-state index in [4.69, 9.17) is 14.6 Å². The number of hydrogen-bond acceptors (Lipinski definition) is 4. The summed E-state index contributed by atoms with van der Waals surface area (Å²) in [6, 6.07) is 13.9. The second-order valence-electron chi connectivity index (χ2n) is 5.44. The zero-order valence-corrected chi connectivity index (χ0v) is 15.5. The van der Waals surface area contributed by atoms with E-state index in [1.165, 1.54) is 0 Å². The van der Waals surface area contributed by atoms with Crippen molar-refractivity contribution in [3.63, 3.8) is 0 Å². The highest BCUT2D eigenvalue weighted by Gasteiger charge is 2.14. The normalized spacial score (nSPS) is 10.6. The van der Waals surface area contributed by atoms with Gasteiger partial charge in [0.2, 0.25) is 0 Å². The van der Waals surface area contributed by atoms with Crippen LogP contribution in [0.15, 0.2) is 46.9 Å². The summed E-state index contributed by atoms with van der Waals surface area (Å²) in [5.41, 5.74) is 2.15. The number of nitrogens with one attached hydrogen (secondary N) is 1. The van der Waals surface area contributed by atoms with Gasteiger partial charge in [0.1, 0.15) is 6.61 Å². The van der Waals surface area contributed by atoms with Crippen LogP contribution in [0.2, 0.25) is 0 Å². The maximum atomic E-state index is 8.85. The minimum atomic E-state index is 0.232. The van der Waals surface area contributed by atoms with Crippen LogP contribution in [0, 0.1) is 0 Å². The van der Waals surface area contributed by atoms with Crippen molar-refractivity contribution in [2.24, 2.45) is 0 Å². The lowest BCUT2D eigenvalue weighted by atomic mass is 10.1. The van der Waals surface area contributed by atoms with E-state index >= 15 is 0 Å². The second-order valence-corrected chi connectivity index (χ2v) is 6.29. The highest BCUT2D eigenvalue weighted by atomic mass is 79.9. The Bertz CT molecular complexity index is 620. The van der Waals surface area contributed by atoms with Gasteiger partial charge < -0.3 is 19.9 Å². The molecule has 0 amide bonds. The summed E-state index contributed by atoms with van der Waals surface area (Å²) in [6.07, 6.45) is 1.75. The van der Waals surface area contributed by atoms with Gasteiger partial charge in [0.25, 0.3) is 0 Å². The molecule has 0 atom stereocenters. The van der Waals surface area contributed by atoms with Gasteiger partial charge in [0.15, 0.2) is 11.5 Å². The SMILES string of the molecule is COc1ccc(Br)c(CNCCCCO)c1OCc1ccccc1. The Hall–Kier alpha value is -1.56. The topological polar surface area (TPSA) is 50.7 Å². The molecule has 0 radical (unpaired) electrons. The Morgan fingerprint density at radius 1 is 1.08 bits per heavy atom. The van der Waals surface area contributed by atoms with Crippen molar-refractivity contribution in [2.75, 3.05) is 20.3 Å². The molecule has 4 nitrogen and oxygen atoms in total. The molecule has 24 heavy (non-hydrogen) atoms. The third-order valence-electron chi connectivity index (χ3n) is 3.68. The van der Waals surface area contributed by atoms with Crippen LogP contribution in [0.3, 0.4) is 0 Å². The average molecular weight is 394 g/mol. The van der Waals surface area contributed by atoms with E-state index in [0.29, 0.717) is 13.2 Å². The summed E-state index contributed by atoms with van der Waals surface area (Å²) in [7, 11) is 1.65. The molecule has 0 saturated carbocycles. The summed E-state index contributed by atoms with van der Waals surface area (Å²) in [6.45, 7) is 2.25. The number of ether oxygens (including phenoxy) is 2. The van der Waals surface area contributed by atoms with Crippen molar-refractivity contribution in [3.05, 3.63) is 58.1 Å². The van der Waals surface area contributed by atoms with Crippen LogP contribution < -0.4 is 14.8 Å². The van der Waals surface area contributed by atoms with Crippen molar-refractivity contribution in [2.45, 2.75) is 26.0 Å². The standard InChI is InChI=1S/C19H24BrNO3/c1-23-18-10-9-17(20)16(13-21-11-5-6-12-22)19(18)24-14-15-7-3-2-4-8-15/h2-4,7-10,21-22H,5-6,11-14H2,1H3. The smallest absolute Gasteiger partial charge is 0.167 e. The van der Waals surface area contributed by atoms with Crippen molar-refractivity contribution < 1.29 is 14.6 Å². The highest BCUT2D eigenvalue weighted by Crippen LogP contribution is 2.36. The molecule has 2 aromatic carbocycles. The Labute approximate surface area is 151 Å². The minimum Gasteiger partial charge on any atom is -0.493 e. The lowest BCUT2D eigenvalue weighted by molar-refractivity contribution is 0.278. The van der Waals surface area contributed by atoms with Gasteiger partial charge in [0.05, 0.1) is 7.11 Å². The third kappa shape index (κ3) is 5.51. The molecule has 0 aromatic heterocycles. The number of aliphatic hydroxyl groups is 1. The van der Waals surface area contributed by atoms with E-state index in [9.17, 15) is 0 Å². The lowest BCUT2D eigenvalue weighted by Crippen LogP contribution is -2.16. The van der Waals surface area contributed by atoms with Gasteiger partial charge in [-0.2, -0.15) is 0 Å². The fraction of sp³-hybridized carbons (Fsp3) is 0.368.